The number of rotatable bonds is 5. The Balaban J connectivity index is 1.47. The number of amides is 1. The molecule has 1 saturated carbocycles. The highest BCUT2D eigenvalue weighted by atomic mass is 32.2. The summed E-state index contributed by atoms with van der Waals surface area (Å²) in [5, 5.41) is 7.17. The molecule has 5 nitrogen and oxygen atoms in total. The summed E-state index contributed by atoms with van der Waals surface area (Å²) < 4.78 is 28.9. The number of imidazole rings is 1. The lowest BCUT2D eigenvalue weighted by molar-refractivity contribution is -0.130. The Morgan fingerprint density at radius 2 is 1.82 bits per heavy atom. The normalized spacial score (nSPS) is 21.0. The van der Waals surface area contributed by atoms with Crippen molar-refractivity contribution in [1.29, 1.82) is 0 Å². The molecule has 0 spiro atoms. The van der Waals surface area contributed by atoms with Gasteiger partial charge in [-0.25, -0.2) is 18.8 Å². The van der Waals surface area contributed by atoms with Crippen molar-refractivity contribution < 1.29 is 13.6 Å². The molecule has 2 aromatic carbocycles. The number of aromatic nitrogens is 2. The molecule has 1 aliphatic heterocycles. The predicted molar refractivity (Wildman–Crippen MR) is 129 cm³/mol. The number of aryl methyl sites for hydroxylation is 1. The second kappa shape index (κ2) is 9.54. The van der Waals surface area contributed by atoms with Crippen LogP contribution < -0.4 is 0 Å². The third-order valence-electron chi connectivity index (χ3n) is 6.28. The zero-order valence-corrected chi connectivity index (χ0v) is 19.5. The van der Waals surface area contributed by atoms with E-state index in [1.54, 1.807) is 35.5 Å². The van der Waals surface area contributed by atoms with Gasteiger partial charge in [0.1, 0.15) is 11.6 Å². The molecule has 2 unspecified atom stereocenters. The van der Waals surface area contributed by atoms with Crippen LogP contribution in [0.5, 0.6) is 0 Å². The van der Waals surface area contributed by atoms with Gasteiger partial charge in [0.2, 0.25) is 0 Å². The van der Waals surface area contributed by atoms with Crippen LogP contribution in [-0.4, -0.2) is 31.9 Å². The molecule has 174 valence electrons. The van der Waals surface area contributed by atoms with Crippen LogP contribution in [0.15, 0.2) is 76.8 Å². The molecule has 0 radical (unpaired) electrons. The van der Waals surface area contributed by atoms with E-state index in [2.05, 4.69) is 4.98 Å². The number of allylic oxidation sites excluding steroid dienone is 1. The van der Waals surface area contributed by atoms with Gasteiger partial charge in [0, 0.05) is 25.4 Å². The van der Waals surface area contributed by atoms with Gasteiger partial charge in [-0.05, 0) is 66.3 Å². The average Bonchev–Trinajstić information content (AvgIpc) is 3.43. The molecule has 1 aliphatic carbocycles. The molecule has 1 aromatic heterocycles. The van der Waals surface area contributed by atoms with Crippen molar-refractivity contribution in [3.63, 3.8) is 0 Å². The van der Waals surface area contributed by atoms with E-state index in [4.69, 9.17) is 5.10 Å². The zero-order chi connectivity index (χ0) is 23.7. The topological polar surface area (TPSA) is 50.5 Å². The van der Waals surface area contributed by atoms with Gasteiger partial charge in [0.15, 0.2) is 5.16 Å². The fraction of sp³-hybridized carbons (Fsp3) is 0.269. The first-order chi connectivity index (χ1) is 16.5. The van der Waals surface area contributed by atoms with Gasteiger partial charge in [0.25, 0.3) is 5.91 Å². The summed E-state index contributed by atoms with van der Waals surface area (Å²) in [6.07, 6.45) is 8.25. The molecule has 2 aliphatic rings. The lowest BCUT2D eigenvalue weighted by Crippen LogP contribution is -2.32. The molecule has 5 rings (SSSR count). The standard InChI is InChI=1S/C26H24F2N4OS/c1-31-14-13-29-26(31)34-16-23(33)32-25(18-7-11-21(28)12-8-18)22-4-2-3-19(24(22)30-32)15-17-5-9-20(27)10-6-17/h5-15,22,25H,2-4,16H2,1H3. The summed E-state index contributed by atoms with van der Waals surface area (Å²) in [4.78, 5) is 17.7. The van der Waals surface area contributed by atoms with Crippen LogP contribution in [0.25, 0.3) is 6.08 Å². The number of carbonyl (C=O) groups excluding carboxylic acids is 1. The van der Waals surface area contributed by atoms with Crippen LogP contribution in [0.4, 0.5) is 8.78 Å². The largest absolute Gasteiger partial charge is 0.329 e. The van der Waals surface area contributed by atoms with E-state index >= 15 is 0 Å². The molecule has 0 saturated heterocycles. The number of fused-ring (bicyclic) bond motifs is 1. The van der Waals surface area contributed by atoms with Gasteiger partial charge in [-0.2, -0.15) is 5.10 Å². The average molecular weight is 479 g/mol. The number of hydrogen-bond acceptors (Lipinski definition) is 4. The van der Waals surface area contributed by atoms with Crippen molar-refractivity contribution in [2.75, 3.05) is 5.75 Å². The van der Waals surface area contributed by atoms with Crippen molar-refractivity contribution in [2.24, 2.45) is 18.1 Å². The molecular formula is C26H24F2N4OS. The van der Waals surface area contributed by atoms with Gasteiger partial charge in [-0.15, -0.1) is 0 Å². The predicted octanol–water partition coefficient (Wildman–Crippen LogP) is 5.61. The van der Waals surface area contributed by atoms with Crippen LogP contribution in [0, 0.1) is 17.6 Å². The minimum atomic E-state index is -0.313. The smallest absolute Gasteiger partial charge is 0.253 e. The quantitative estimate of drug-likeness (QED) is 0.448. The first kappa shape index (κ1) is 22.5. The van der Waals surface area contributed by atoms with Crippen molar-refractivity contribution in [1.82, 2.24) is 14.6 Å². The number of halogens is 2. The number of nitrogens with zero attached hydrogens (tertiary/aromatic N) is 4. The Morgan fingerprint density at radius 1 is 1.12 bits per heavy atom. The van der Waals surface area contributed by atoms with Crippen LogP contribution in [0.1, 0.15) is 36.4 Å². The molecule has 0 bridgehead atoms. The number of benzene rings is 2. The van der Waals surface area contributed by atoms with Gasteiger partial charge in [-0.3, -0.25) is 4.79 Å². The van der Waals surface area contributed by atoms with Crippen molar-refractivity contribution >= 4 is 29.5 Å². The van der Waals surface area contributed by atoms with E-state index in [0.29, 0.717) is 0 Å². The summed E-state index contributed by atoms with van der Waals surface area (Å²) >= 11 is 1.37. The van der Waals surface area contributed by atoms with E-state index in [-0.39, 0.29) is 35.3 Å². The molecule has 2 heterocycles. The second-order valence-corrected chi connectivity index (χ2v) is 9.49. The molecular weight excluding hydrogens is 454 g/mol. The van der Waals surface area contributed by atoms with E-state index in [1.807, 2.05) is 23.9 Å². The van der Waals surface area contributed by atoms with Gasteiger partial charge in [-0.1, -0.05) is 36.0 Å². The first-order valence-corrected chi connectivity index (χ1v) is 12.2. The Hall–Kier alpha value is -3.26. The van der Waals surface area contributed by atoms with Crippen LogP contribution >= 0.6 is 11.8 Å². The molecule has 1 fully saturated rings. The number of thioether (sulfide) groups is 1. The second-order valence-electron chi connectivity index (χ2n) is 8.55. The highest BCUT2D eigenvalue weighted by molar-refractivity contribution is 7.99. The maximum atomic E-state index is 13.7. The number of carbonyl (C=O) groups is 1. The van der Waals surface area contributed by atoms with Crippen LogP contribution in [0.3, 0.4) is 0 Å². The molecule has 34 heavy (non-hydrogen) atoms. The summed E-state index contributed by atoms with van der Waals surface area (Å²) in [7, 11) is 1.89. The third-order valence-corrected chi connectivity index (χ3v) is 7.32. The van der Waals surface area contributed by atoms with E-state index in [0.717, 1.165) is 46.8 Å². The lowest BCUT2D eigenvalue weighted by atomic mass is 9.77. The van der Waals surface area contributed by atoms with Gasteiger partial charge in [0.05, 0.1) is 17.5 Å². The van der Waals surface area contributed by atoms with Crippen molar-refractivity contribution in [3.05, 3.63) is 89.3 Å². The maximum absolute atomic E-state index is 13.7. The Labute approximate surface area is 201 Å². The molecule has 3 aromatic rings. The minimum Gasteiger partial charge on any atom is -0.329 e. The third kappa shape index (κ3) is 4.55. The molecule has 1 amide bonds. The van der Waals surface area contributed by atoms with E-state index in [9.17, 15) is 13.6 Å². The highest BCUT2D eigenvalue weighted by Gasteiger charge is 2.43. The maximum Gasteiger partial charge on any atom is 0.253 e. The van der Waals surface area contributed by atoms with Crippen molar-refractivity contribution in [3.8, 4) is 0 Å². The monoisotopic (exact) mass is 478 g/mol. The zero-order valence-electron chi connectivity index (χ0n) is 18.7. The minimum absolute atomic E-state index is 0.0213. The number of hydrogen-bond donors (Lipinski definition) is 0. The fourth-order valence-electron chi connectivity index (χ4n) is 4.64. The Bertz CT molecular complexity index is 1250. The van der Waals surface area contributed by atoms with Crippen LogP contribution in [-0.2, 0) is 11.8 Å². The number of hydrazone groups is 1. The fourth-order valence-corrected chi connectivity index (χ4v) is 5.43. The molecule has 2 atom stereocenters. The first-order valence-electron chi connectivity index (χ1n) is 11.2. The van der Waals surface area contributed by atoms with Gasteiger partial charge >= 0.3 is 0 Å². The highest BCUT2D eigenvalue weighted by Crippen LogP contribution is 2.44. The van der Waals surface area contributed by atoms with E-state index < -0.39 is 0 Å². The Morgan fingerprint density at radius 3 is 2.50 bits per heavy atom. The summed E-state index contributed by atoms with van der Waals surface area (Å²) in [6, 6.07) is 12.4. The Kier molecular flexibility index (Phi) is 6.32. The molecule has 8 heteroatoms. The summed E-state index contributed by atoms with van der Waals surface area (Å²) in [5.41, 5.74) is 3.71. The summed E-state index contributed by atoms with van der Waals surface area (Å²) in [5.74, 6) is -0.492. The lowest BCUT2D eigenvalue weighted by Gasteiger charge is -2.29. The summed E-state index contributed by atoms with van der Waals surface area (Å²) in [6.45, 7) is 0. The molecule has 0 N–H and O–H groups in total. The van der Waals surface area contributed by atoms with Crippen LogP contribution in [0.2, 0.25) is 0 Å². The van der Waals surface area contributed by atoms with Gasteiger partial charge < -0.3 is 4.57 Å². The SMILES string of the molecule is Cn1ccnc1SCC(=O)N1N=C2C(=Cc3ccc(F)cc3)CCCC2C1c1ccc(F)cc1. The van der Waals surface area contributed by atoms with Crippen molar-refractivity contribution in [2.45, 2.75) is 30.5 Å². The van der Waals surface area contributed by atoms with E-state index in [1.165, 1.54) is 36.0 Å².